The molecule has 1 aromatic carbocycles. The fourth-order valence-corrected chi connectivity index (χ4v) is 5.39. The van der Waals surface area contributed by atoms with E-state index in [9.17, 15) is 9.59 Å². The normalized spacial score (nSPS) is 19.3. The Morgan fingerprint density at radius 1 is 1.26 bits per heavy atom. The number of thiophene rings is 1. The summed E-state index contributed by atoms with van der Waals surface area (Å²) >= 11 is 3.26. The molecule has 1 aliphatic rings. The number of carbonyl (C=O) groups excluding carboxylic acids is 2. The third-order valence-corrected chi connectivity index (χ3v) is 6.83. The van der Waals surface area contributed by atoms with Crippen LogP contribution in [0.25, 0.3) is 0 Å². The molecule has 0 spiro atoms. The number of nitrogens with zero attached hydrogens (tertiary/aromatic N) is 1. The minimum Gasteiger partial charge on any atom is -0.385 e. The smallest absolute Gasteiger partial charge is 0.255 e. The van der Waals surface area contributed by atoms with Crippen molar-refractivity contribution in [3.05, 3.63) is 57.8 Å². The molecule has 144 valence electrons. The zero-order valence-electron chi connectivity index (χ0n) is 15.5. The third-order valence-electron chi connectivity index (χ3n) is 4.45. The second kappa shape index (κ2) is 9.39. The van der Waals surface area contributed by atoms with Crippen molar-refractivity contribution in [2.45, 2.75) is 24.8 Å². The van der Waals surface area contributed by atoms with E-state index in [1.54, 1.807) is 35.1 Å². The van der Waals surface area contributed by atoms with Crippen molar-refractivity contribution in [3.8, 4) is 0 Å². The zero-order valence-corrected chi connectivity index (χ0v) is 17.1. The Labute approximate surface area is 168 Å². The maximum atomic E-state index is 13.3. The predicted molar refractivity (Wildman–Crippen MR) is 110 cm³/mol. The molecule has 1 aromatic heterocycles. The van der Waals surface area contributed by atoms with Crippen LogP contribution in [-0.4, -0.2) is 48.8 Å². The first-order valence-electron chi connectivity index (χ1n) is 8.93. The quantitative estimate of drug-likeness (QED) is 0.718. The number of nitrogens with one attached hydrogen (secondary N) is 1. The topological polar surface area (TPSA) is 58.6 Å². The van der Waals surface area contributed by atoms with Crippen LogP contribution in [0.2, 0.25) is 0 Å². The van der Waals surface area contributed by atoms with E-state index in [1.165, 1.54) is 0 Å². The number of methoxy groups -OCH3 is 1. The first kappa shape index (κ1) is 19.9. The summed E-state index contributed by atoms with van der Waals surface area (Å²) in [6.07, 6.45) is 0.752. The van der Waals surface area contributed by atoms with E-state index in [1.807, 2.05) is 48.7 Å². The van der Waals surface area contributed by atoms with Gasteiger partial charge in [-0.1, -0.05) is 23.8 Å². The monoisotopic (exact) mass is 404 g/mol. The Kier molecular flexibility index (Phi) is 6.93. The van der Waals surface area contributed by atoms with Gasteiger partial charge in [-0.05, 0) is 36.9 Å². The van der Waals surface area contributed by atoms with Gasteiger partial charge in [-0.15, -0.1) is 23.1 Å². The maximum Gasteiger partial charge on any atom is 0.255 e. The van der Waals surface area contributed by atoms with Crippen LogP contribution < -0.4 is 5.32 Å². The number of rotatable bonds is 7. The highest BCUT2D eigenvalue weighted by Crippen LogP contribution is 2.43. The Bertz CT molecular complexity index is 762. The Hall–Kier alpha value is -1.83. The van der Waals surface area contributed by atoms with Gasteiger partial charge in [0.1, 0.15) is 11.4 Å². The second-order valence-corrected chi connectivity index (χ2v) is 8.53. The van der Waals surface area contributed by atoms with Gasteiger partial charge in [0.15, 0.2) is 0 Å². The molecular formula is C20H24N2O3S2. The molecule has 0 bridgehead atoms. The maximum absolute atomic E-state index is 13.3. The average Bonchev–Trinajstić information content (AvgIpc) is 3.34. The molecular weight excluding hydrogens is 380 g/mol. The first-order valence-corrected chi connectivity index (χ1v) is 10.9. The lowest BCUT2D eigenvalue weighted by Gasteiger charge is -2.28. The van der Waals surface area contributed by atoms with Gasteiger partial charge in [-0.2, -0.15) is 0 Å². The summed E-state index contributed by atoms with van der Waals surface area (Å²) in [4.78, 5) is 28.9. The van der Waals surface area contributed by atoms with Crippen molar-refractivity contribution in [3.63, 3.8) is 0 Å². The van der Waals surface area contributed by atoms with E-state index in [-0.39, 0.29) is 17.2 Å². The highest BCUT2D eigenvalue weighted by molar-refractivity contribution is 7.99. The average molecular weight is 405 g/mol. The van der Waals surface area contributed by atoms with E-state index in [4.69, 9.17) is 4.74 Å². The largest absolute Gasteiger partial charge is 0.385 e. The molecule has 0 saturated carbocycles. The lowest BCUT2D eigenvalue weighted by atomic mass is 10.1. The molecule has 0 aliphatic carbocycles. The molecule has 2 heterocycles. The van der Waals surface area contributed by atoms with Crippen molar-refractivity contribution in [2.75, 3.05) is 26.0 Å². The highest BCUT2D eigenvalue weighted by Gasteiger charge is 2.42. The first-order chi connectivity index (χ1) is 13.1. The summed E-state index contributed by atoms with van der Waals surface area (Å²) < 4.78 is 5.02. The molecule has 1 N–H and O–H groups in total. The number of hydrogen-bond donors (Lipinski definition) is 1. The van der Waals surface area contributed by atoms with E-state index in [2.05, 4.69) is 5.32 Å². The molecule has 7 heteroatoms. The fraction of sp³-hybridized carbons (Fsp3) is 0.400. The standard InChI is InChI=1S/C20H24N2O3S2/c1-14-6-8-15(9-7-14)19(24)22-16(18(23)21-10-4-11-25-2)13-27-20(22)17-5-3-12-26-17/h3,5-9,12,16,20H,4,10-11,13H2,1-2H3,(H,21,23). The summed E-state index contributed by atoms with van der Waals surface area (Å²) in [6, 6.07) is 11.1. The van der Waals surface area contributed by atoms with Gasteiger partial charge in [0, 0.05) is 36.5 Å². The summed E-state index contributed by atoms with van der Waals surface area (Å²) in [7, 11) is 1.64. The molecule has 2 unspecified atom stereocenters. The van der Waals surface area contributed by atoms with Gasteiger partial charge >= 0.3 is 0 Å². The van der Waals surface area contributed by atoms with Crippen molar-refractivity contribution >= 4 is 34.9 Å². The molecule has 2 atom stereocenters. The lowest BCUT2D eigenvalue weighted by Crippen LogP contribution is -2.48. The van der Waals surface area contributed by atoms with Crippen LogP contribution >= 0.6 is 23.1 Å². The Balaban J connectivity index is 1.80. The molecule has 27 heavy (non-hydrogen) atoms. The number of ether oxygens (including phenoxy) is 1. The summed E-state index contributed by atoms with van der Waals surface area (Å²) in [5.41, 5.74) is 1.71. The SMILES string of the molecule is COCCCNC(=O)C1CSC(c2cccs2)N1C(=O)c1ccc(C)cc1. The predicted octanol–water partition coefficient (Wildman–Crippen LogP) is 3.47. The number of aryl methyl sites for hydroxylation is 1. The number of hydrogen-bond acceptors (Lipinski definition) is 5. The van der Waals surface area contributed by atoms with Crippen LogP contribution in [0.4, 0.5) is 0 Å². The van der Waals surface area contributed by atoms with E-state index in [0.717, 1.165) is 16.9 Å². The van der Waals surface area contributed by atoms with Crippen molar-refractivity contribution in [2.24, 2.45) is 0 Å². The molecule has 1 saturated heterocycles. The number of benzene rings is 1. The summed E-state index contributed by atoms with van der Waals surface area (Å²) in [5.74, 6) is 0.393. The number of amides is 2. The fourth-order valence-electron chi connectivity index (χ4n) is 3.00. The van der Waals surface area contributed by atoms with Crippen LogP contribution in [0.1, 0.15) is 32.6 Å². The molecule has 2 amide bonds. The van der Waals surface area contributed by atoms with Gasteiger partial charge in [0.05, 0.1) is 0 Å². The van der Waals surface area contributed by atoms with Crippen LogP contribution in [0.3, 0.4) is 0 Å². The van der Waals surface area contributed by atoms with Gasteiger partial charge in [0.25, 0.3) is 5.91 Å². The van der Waals surface area contributed by atoms with Gasteiger partial charge in [-0.25, -0.2) is 0 Å². The van der Waals surface area contributed by atoms with Crippen molar-refractivity contribution in [1.29, 1.82) is 0 Å². The van der Waals surface area contributed by atoms with Crippen LogP contribution in [-0.2, 0) is 9.53 Å². The minimum absolute atomic E-state index is 0.0990. The summed E-state index contributed by atoms with van der Waals surface area (Å²) in [5, 5.41) is 4.82. The van der Waals surface area contributed by atoms with E-state index >= 15 is 0 Å². The van der Waals surface area contributed by atoms with Crippen LogP contribution in [0, 0.1) is 6.92 Å². The molecule has 2 aromatic rings. The van der Waals surface area contributed by atoms with Crippen LogP contribution in [0.15, 0.2) is 41.8 Å². The Morgan fingerprint density at radius 3 is 2.70 bits per heavy atom. The van der Waals surface area contributed by atoms with E-state index < -0.39 is 6.04 Å². The molecule has 3 rings (SSSR count). The van der Waals surface area contributed by atoms with Gasteiger partial charge in [0.2, 0.25) is 5.91 Å². The van der Waals surface area contributed by atoms with Gasteiger partial charge < -0.3 is 15.0 Å². The third kappa shape index (κ3) is 4.72. The van der Waals surface area contributed by atoms with Gasteiger partial charge in [-0.3, -0.25) is 9.59 Å². The number of thioether (sulfide) groups is 1. The molecule has 5 nitrogen and oxygen atoms in total. The molecule has 0 radical (unpaired) electrons. The zero-order chi connectivity index (χ0) is 19.2. The van der Waals surface area contributed by atoms with E-state index in [0.29, 0.717) is 24.5 Å². The van der Waals surface area contributed by atoms with Crippen molar-refractivity contribution < 1.29 is 14.3 Å². The lowest BCUT2D eigenvalue weighted by molar-refractivity contribution is -0.124. The molecule has 1 aliphatic heterocycles. The Morgan fingerprint density at radius 2 is 2.04 bits per heavy atom. The second-order valence-electron chi connectivity index (χ2n) is 6.43. The minimum atomic E-state index is -0.474. The highest BCUT2D eigenvalue weighted by atomic mass is 32.2. The number of carbonyl (C=O) groups is 2. The van der Waals surface area contributed by atoms with Crippen LogP contribution in [0.5, 0.6) is 0 Å². The summed E-state index contributed by atoms with van der Waals surface area (Å²) in [6.45, 7) is 3.14. The molecule has 1 fully saturated rings. The van der Waals surface area contributed by atoms with Crippen molar-refractivity contribution in [1.82, 2.24) is 10.2 Å².